The molecule has 30 heavy (non-hydrogen) atoms. The van der Waals surface area contributed by atoms with E-state index < -0.39 is 12.1 Å². The molecule has 3 amide bonds. The van der Waals surface area contributed by atoms with Crippen molar-refractivity contribution in [1.29, 1.82) is 5.26 Å². The van der Waals surface area contributed by atoms with Gasteiger partial charge in [0.05, 0.1) is 24.0 Å². The van der Waals surface area contributed by atoms with Crippen LogP contribution >= 0.6 is 11.6 Å². The van der Waals surface area contributed by atoms with Gasteiger partial charge in [-0.1, -0.05) is 11.6 Å². The second-order valence-corrected chi connectivity index (χ2v) is 6.78. The number of anilines is 2. The first-order valence-corrected chi connectivity index (χ1v) is 9.56. The molecule has 0 aliphatic heterocycles. The van der Waals surface area contributed by atoms with Crippen LogP contribution in [-0.4, -0.2) is 36.4 Å². The van der Waals surface area contributed by atoms with E-state index in [0.29, 0.717) is 41.6 Å². The topological polar surface area (TPSA) is 125 Å². The summed E-state index contributed by atoms with van der Waals surface area (Å²) in [6.45, 7) is 4.22. The summed E-state index contributed by atoms with van der Waals surface area (Å²) >= 11 is 6.02. The number of amides is 3. The Balaban J connectivity index is 1.87. The van der Waals surface area contributed by atoms with Gasteiger partial charge in [0.1, 0.15) is 17.6 Å². The molecule has 0 saturated carbocycles. The highest BCUT2D eigenvalue weighted by Gasteiger charge is 2.10. The zero-order chi connectivity index (χ0) is 21.9. The molecule has 0 atom stereocenters. The van der Waals surface area contributed by atoms with Crippen LogP contribution in [0.5, 0.6) is 5.75 Å². The van der Waals surface area contributed by atoms with Crippen molar-refractivity contribution in [3.63, 3.8) is 0 Å². The van der Waals surface area contributed by atoms with Gasteiger partial charge in [-0.05, 0) is 50.6 Å². The number of ether oxygens (including phenoxy) is 2. The van der Waals surface area contributed by atoms with E-state index in [0.717, 1.165) is 0 Å². The number of halogens is 1. The fraction of sp³-hybridized carbons (Fsp3) is 0.300. The Bertz CT molecular complexity index is 912. The fourth-order valence-electron chi connectivity index (χ4n) is 2.23. The molecule has 0 fully saturated rings. The third-order valence-electron chi connectivity index (χ3n) is 3.51. The highest BCUT2D eigenvalue weighted by molar-refractivity contribution is 6.31. The summed E-state index contributed by atoms with van der Waals surface area (Å²) in [5.41, 5.74) is 0.763. The van der Waals surface area contributed by atoms with Crippen molar-refractivity contribution in [2.24, 2.45) is 0 Å². The van der Waals surface area contributed by atoms with Crippen molar-refractivity contribution in [1.82, 2.24) is 10.3 Å². The van der Waals surface area contributed by atoms with Gasteiger partial charge in [0.15, 0.2) is 0 Å². The number of aromatic nitrogens is 1. The van der Waals surface area contributed by atoms with Crippen molar-refractivity contribution in [2.75, 3.05) is 23.8 Å². The highest BCUT2D eigenvalue weighted by Crippen LogP contribution is 2.28. The minimum Gasteiger partial charge on any atom is -0.491 e. The minimum atomic E-state index is -0.544. The molecule has 0 unspecified atom stereocenters. The van der Waals surface area contributed by atoms with Crippen molar-refractivity contribution in [3.05, 3.63) is 47.1 Å². The normalized spacial score (nSPS) is 10.1. The molecule has 0 spiro atoms. The minimum absolute atomic E-state index is 0.186. The summed E-state index contributed by atoms with van der Waals surface area (Å²) in [6, 6.07) is 9.30. The standard InChI is InChI=1S/C20H22ClN5O4/c1-13(2)30-20(28)23-8-3-9-29-17-6-5-15(21)10-16(17)25-19(27)26-18-7-4-14(11-22)12-24-18/h4-7,10,12-13H,3,8-9H2,1-2H3,(H,23,28)(H2,24,25,26,27). The Morgan fingerprint density at radius 3 is 2.70 bits per heavy atom. The molecular weight excluding hydrogens is 410 g/mol. The summed E-state index contributed by atoms with van der Waals surface area (Å²) in [4.78, 5) is 27.6. The zero-order valence-corrected chi connectivity index (χ0v) is 17.3. The maximum atomic E-state index is 12.3. The number of benzene rings is 1. The number of carbonyl (C=O) groups is 2. The van der Waals surface area contributed by atoms with E-state index in [9.17, 15) is 9.59 Å². The molecular formula is C20H22ClN5O4. The Labute approximate surface area is 179 Å². The average Bonchev–Trinajstić information content (AvgIpc) is 2.69. The zero-order valence-electron chi connectivity index (χ0n) is 16.6. The molecule has 1 heterocycles. The van der Waals surface area contributed by atoms with E-state index >= 15 is 0 Å². The molecule has 0 bridgehead atoms. The number of nitriles is 1. The lowest BCUT2D eigenvalue weighted by Gasteiger charge is -2.14. The molecule has 0 aliphatic rings. The van der Waals surface area contributed by atoms with E-state index in [2.05, 4.69) is 20.9 Å². The number of nitrogens with zero attached hydrogens (tertiary/aromatic N) is 2. The molecule has 0 saturated heterocycles. The van der Waals surface area contributed by atoms with Crippen molar-refractivity contribution >= 4 is 35.2 Å². The SMILES string of the molecule is CC(C)OC(=O)NCCCOc1ccc(Cl)cc1NC(=O)Nc1ccc(C#N)cn1. The second kappa shape index (κ2) is 11.5. The quantitative estimate of drug-likeness (QED) is 0.539. The van der Waals surface area contributed by atoms with Gasteiger partial charge in [-0.3, -0.25) is 5.32 Å². The summed E-state index contributed by atoms with van der Waals surface area (Å²) in [6.07, 6.45) is 1.23. The number of rotatable bonds is 8. The van der Waals surface area contributed by atoms with E-state index in [4.69, 9.17) is 26.3 Å². The van der Waals surface area contributed by atoms with E-state index in [1.54, 1.807) is 38.1 Å². The molecule has 10 heteroatoms. The summed E-state index contributed by atoms with van der Waals surface area (Å²) in [7, 11) is 0. The van der Waals surface area contributed by atoms with Crippen LogP contribution in [0.3, 0.4) is 0 Å². The molecule has 158 valence electrons. The third-order valence-corrected chi connectivity index (χ3v) is 3.75. The maximum absolute atomic E-state index is 12.3. The van der Waals surface area contributed by atoms with Gasteiger partial charge in [-0.2, -0.15) is 5.26 Å². The molecule has 3 N–H and O–H groups in total. The summed E-state index contributed by atoms with van der Waals surface area (Å²) in [5, 5.41) is 17.0. The second-order valence-electron chi connectivity index (χ2n) is 6.35. The van der Waals surface area contributed by atoms with Crippen LogP contribution in [0.4, 0.5) is 21.1 Å². The summed E-state index contributed by atoms with van der Waals surface area (Å²) in [5.74, 6) is 0.711. The van der Waals surface area contributed by atoms with Gasteiger partial charge in [0.2, 0.25) is 0 Å². The molecule has 9 nitrogen and oxygen atoms in total. The Morgan fingerprint density at radius 2 is 2.03 bits per heavy atom. The van der Waals surface area contributed by atoms with Gasteiger partial charge in [-0.25, -0.2) is 14.6 Å². The Morgan fingerprint density at radius 1 is 1.23 bits per heavy atom. The number of hydrogen-bond donors (Lipinski definition) is 3. The van der Waals surface area contributed by atoms with E-state index in [1.165, 1.54) is 12.3 Å². The van der Waals surface area contributed by atoms with Crippen molar-refractivity contribution in [2.45, 2.75) is 26.4 Å². The predicted molar refractivity (Wildman–Crippen MR) is 113 cm³/mol. The molecule has 1 aromatic heterocycles. The van der Waals surface area contributed by atoms with Crippen LogP contribution in [0.2, 0.25) is 5.02 Å². The highest BCUT2D eigenvalue weighted by atomic mass is 35.5. The fourth-order valence-corrected chi connectivity index (χ4v) is 2.40. The van der Waals surface area contributed by atoms with Crippen LogP contribution < -0.4 is 20.7 Å². The van der Waals surface area contributed by atoms with Gasteiger partial charge in [0.25, 0.3) is 0 Å². The van der Waals surface area contributed by atoms with Crippen LogP contribution in [0.15, 0.2) is 36.5 Å². The number of nitrogens with one attached hydrogen (secondary N) is 3. The first kappa shape index (κ1) is 22.8. The predicted octanol–water partition coefficient (Wildman–Crippen LogP) is 4.15. The van der Waals surface area contributed by atoms with Crippen molar-refractivity contribution in [3.8, 4) is 11.8 Å². The van der Waals surface area contributed by atoms with E-state index in [-0.39, 0.29) is 11.9 Å². The number of hydrogen-bond acceptors (Lipinski definition) is 6. The lowest BCUT2D eigenvalue weighted by molar-refractivity contribution is 0.115. The number of pyridine rings is 1. The number of urea groups is 1. The van der Waals surface area contributed by atoms with Crippen LogP contribution in [-0.2, 0) is 4.74 Å². The Kier molecular flexibility index (Phi) is 8.72. The van der Waals surface area contributed by atoms with Crippen LogP contribution in [0.1, 0.15) is 25.8 Å². The Hall–Kier alpha value is -3.51. The third kappa shape index (κ3) is 7.85. The molecule has 0 aliphatic carbocycles. The summed E-state index contributed by atoms with van der Waals surface area (Å²) < 4.78 is 10.7. The lowest BCUT2D eigenvalue weighted by atomic mass is 10.3. The first-order valence-electron chi connectivity index (χ1n) is 9.18. The molecule has 1 aromatic carbocycles. The van der Waals surface area contributed by atoms with Gasteiger partial charge < -0.3 is 20.1 Å². The monoisotopic (exact) mass is 431 g/mol. The number of carbonyl (C=O) groups excluding carboxylic acids is 2. The molecule has 2 rings (SSSR count). The molecule has 0 radical (unpaired) electrons. The van der Waals surface area contributed by atoms with Gasteiger partial charge in [-0.15, -0.1) is 0 Å². The molecule has 2 aromatic rings. The van der Waals surface area contributed by atoms with Gasteiger partial charge >= 0.3 is 12.1 Å². The largest absolute Gasteiger partial charge is 0.491 e. The van der Waals surface area contributed by atoms with Crippen LogP contribution in [0, 0.1) is 11.3 Å². The van der Waals surface area contributed by atoms with E-state index in [1.807, 2.05) is 6.07 Å². The lowest BCUT2D eigenvalue weighted by Crippen LogP contribution is -2.28. The smallest absolute Gasteiger partial charge is 0.407 e. The average molecular weight is 432 g/mol. The maximum Gasteiger partial charge on any atom is 0.407 e. The van der Waals surface area contributed by atoms with Crippen molar-refractivity contribution < 1.29 is 19.1 Å². The van der Waals surface area contributed by atoms with Gasteiger partial charge in [0, 0.05) is 17.8 Å². The number of alkyl carbamates (subject to hydrolysis) is 1. The first-order chi connectivity index (χ1) is 14.4. The van der Waals surface area contributed by atoms with Crippen LogP contribution in [0.25, 0.3) is 0 Å².